The molecule has 3 N–H and O–H groups in total. The first-order chi connectivity index (χ1) is 7.12. The third-order valence-electron chi connectivity index (χ3n) is 2.80. The minimum atomic E-state index is -0.362. The number of esters is 1. The van der Waals surface area contributed by atoms with E-state index < -0.39 is 0 Å². The first-order valence-corrected chi connectivity index (χ1v) is 5.20. The number of amides is 1. The van der Waals surface area contributed by atoms with Crippen molar-refractivity contribution in [1.29, 1.82) is 0 Å². The molecule has 1 aliphatic rings. The maximum absolute atomic E-state index is 11.4. The first kappa shape index (κ1) is 12.0. The number of hydrogen-bond donors (Lipinski definition) is 2. The largest absolute Gasteiger partial charge is 0.469 e. The number of carbonyl (C=O) groups is 2. The number of rotatable bonds is 5. The molecule has 0 heterocycles. The molecular weight excluding hydrogens is 196 g/mol. The average Bonchev–Trinajstić information content (AvgIpc) is 2.14. The standard InChI is InChI=1S/C10H18N2O3/c1-15-9(14)7-10(4-2-5-10)12-8(13)3-6-11/h2-7,11H2,1H3,(H,12,13). The van der Waals surface area contributed by atoms with Crippen LogP contribution >= 0.6 is 0 Å². The fourth-order valence-electron chi connectivity index (χ4n) is 1.79. The van der Waals surface area contributed by atoms with Crippen LogP contribution in [0.2, 0.25) is 0 Å². The SMILES string of the molecule is COC(=O)CC1(NC(=O)CCN)CCC1. The van der Waals surface area contributed by atoms with Crippen LogP contribution in [0.1, 0.15) is 32.1 Å². The van der Waals surface area contributed by atoms with E-state index in [4.69, 9.17) is 5.73 Å². The Morgan fingerprint density at radius 2 is 2.13 bits per heavy atom. The van der Waals surface area contributed by atoms with Crippen LogP contribution < -0.4 is 11.1 Å². The van der Waals surface area contributed by atoms with Gasteiger partial charge in [-0.15, -0.1) is 0 Å². The van der Waals surface area contributed by atoms with Gasteiger partial charge in [-0.1, -0.05) is 0 Å². The molecule has 86 valence electrons. The predicted molar refractivity (Wildman–Crippen MR) is 55.0 cm³/mol. The van der Waals surface area contributed by atoms with E-state index >= 15 is 0 Å². The topological polar surface area (TPSA) is 81.4 Å². The fourth-order valence-corrected chi connectivity index (χ4v) is 1.79. The molecule has 1 saturated carbocycles. The first-order valence-electron chi connectivity index (χ1n) is 5.20. The van der Waals surface area contributed by atoms with E-state index in [1.807, 2.05) is 0 Å². The van der Waals surface area contributed by atoms with E-state index in [1.54, 1.807) is 0 Å². The molecule has 5 heteroatoms. The van der Waals surface area contributed by atoms with Crippen molar-refractivity contribution < 1.29 is 14.3 Å². The van der Waals surface area contributed by atoms with Gasteiger partial charge in [0.15, 0.2) is 0 Å². The summed E-state index contributed by atoms with van der Waals surface area (Å²) < 4.78 is 4.61. The van der Waals surface area contributed by atoms with Gasteiger partial charge >= 0.3 is 5.97 Å². The van der Waals surface area contributed by atoms with Crippen LogP contribution in [0.15, 0.2) is 0 Å². The molecule has 1 aliphatic carbocycles. The van der Waals surface area contributed by atoms with E-state index in [0.29, 0.717) is 13.0 Å². The summed E-state index contributed by atoms with van der Waals surface area (Å²) in [5, 5.41) is 2.88. The molecule has 1 fully saturated rings. The second-order valence-electron chi connectivity index (χ2n) is 3.97. The molecule has 5 nitrogen and oxygen atoms in total. The maximum atomic E-state index is 11.4. The van der Waals surface area contributed by atoms with E-state index in [2.05, 4.69) is 10.1 Å². The van der Waals surface area contributed by atoms with Crippen molar-refractivity contribution in [3.05, 3.63) is 0 Å². The van der Waals surface area contributed by atoms with Crippen LogP contribution in [-0.4, -0.2) is 31.1 Å². The van der Waals surface area contributed by atoms with Crippen molar-refractivity contribution >= 4 is 11.9 Å². The smallest absolute Gasteiger partial charge is 0.307 e. The summed E-state index contributed by atoms with van der Waals surface area (Å²) in [6.45, 7) is 0.333. The third-order valence-corrected chi connectivity index (χ3v) is 2.80. The Labute approximate surface area is 89.3 Å². The molecule has 0 spiro atoms. The van der Waals surface area contributed by atoms with Crippen LogP contribution in [0.4, 0.5) is 0 Å². The zero-order valence-electron chi connectivity index (χ0n) is 9.04. The number of nitrogens with one attached hydrogen (secondary N) is 1. The van der Waals surface area contributed by atoms with Gasteiger partial charge in [0.05, 0.1) is 19.1 Å². The van der Waals surface area contributed by atoms with Gasteiger partial charge in [-0.2, -0.15) is 0 Å². The highest BCUT2D eigenvalue weighted by Gasteiger charge is 2.40. The van der Waals surface area contributed by atoms with Gasteiger partial charge in [0.25, 0.3) is 0 Å². The number of hydrogen-bond acceptors (Lipinski definition) is 4. The van der Waals surface area contributed by atoms with Crippen molar-refractivity contribution in [2.75, 3.05) is 13.7 Å². The van der Waals surface area contributed by atoms with E-state index in [0.717, 1.165) is 19.3 Å². The van der Waals surface area contributed by atoms with Gasteiger partial charge in [-0.25, -0.2) is 0 Å². The molecule has 0 atom stereocenters. The molecule has 0 aromatic carbocycles. The second kappa shape index (κ2) is 5.11. The molecule has 0 unspecified atom stereocenters. The molecule has 1 amide bonds. The molecule has 0 aromatic rings. The van der Waals surface area contributed by atoms with E-state index in [9.17, 15) is 9.59 Å². The van der Waals surface area contributed by atoms with Crippen LogP contribution in [0, 0.1) is 0 Å². The Morgan fingerprint density at radius 1 is 1.47 bits per heavy atom. The van der Waals surface area contributed by atoms with Crippen LogP contribution in [0.3, 0.4) is 0 Å². The zero-order valence-corrected chi connectivity index (χ0v) is 9.04. The molecule has 0 aliphatic heterocycles. The van der Waals surface area contributed by atoms with Gasteiger partial charge in [0, 0.05) is 13.0 Å². The van der Waals surface area contributed by atoms with Crippen molar-refractivity contribution in [3.63, 3.8) is 0 Å². The molecule has 15 heavy (non-hydrogen) atoms. The average molecular weight is 214 g/mol. The number of ether oxygens (including phenoxy) is 1. The van der Waals surface area contributed by atoms with Crippen molar-refractivity contribution in [1.82, 2.24) is 5.32 Å². The van der Waals surface area contributed by atoms with Gasteiger partial charge in [0.2, 0.25) is 5.91 Å². The summed E-state index contributed by atoms with van der Waals surface area (Å²) in [6.07, 6.45) is 3.31. The maximum Gasteiger partial charge on any atom is 0.307 e. The van der Waals surface area contributed by atoms with Gasteiger partial charge in [-0.05, 0) is 19.3 Å². The number of nitrogens with two attached hydrogens (primary N) is 1. The summed E-state index contributed by atoms with van der Waals surface area (Å²) in [4.78, 5) is 22.5. The monoisotopic (exact) mass is 214 g/mol. The lowest BCUT2D eigenvalue weighted by molar-refractivity contribution is -0.144. The minimum Gasteiger partial charge on any atom is -0.469 e. The van der Waals surface area contributed by atoms with Crippen molar-refractivity contribution in [3.8, 4) is 0 Å². The number of methoxy groups -OCH3 is 1. The van der Waals surface area contributed by atoms with E-state index in [1.165, 1.54) is 7.11 Å². The Bertz CT molecular complexity index is 249. The Kier molecular flexibility index (Phi) is 4.08. The fraction of sp³-hybridized carbons (Fsp3) is 0.800. The second-order valence-corrected chi connectivity index (χ2v) is 3.97. The van der Waals surface area contributed by atoms with E-state index in [-0.39, 0.29) is 23.8 Å². The Balaban J connectivity index is 2.46. The van der Waals surface area contributed by atoms with Crippen LogP contribution in [-0.2, 0) is 14.3 Å². The lowest BCUT2D eigenvalue weighted by Gasteiger charge is -2.41. The summed E-state index contributed by atoms with van der Waals surface area (Å²) in [7, 11) is 1.36. The van der Waals surface area contributed by atoms with Gasteiger partial charge in [-0.3, -0.25) is 9.59 Å². The highest BCUT2D eigenvalue weighted by molar-refractivity contribution is 5.79. The van der Waals surface area contributed by atoms with Crippen LogP contribution in [0.25, 0.3) is 0 Å². The van der Waals surface area contributed by atoms with Crippen molar-refractivity contribution in [2.24, 2.45) is 5.73 Å². The lowest BCUT2D eigenvalue weighted by atomic mass is 9.74. The predicted octanol–water partition coefficient (Wildman–Crippen LogP) is -0.0628. The Hall–Kier alpha value is -1.10. The molecule has 0 aromatic heterocycles. The molecule has 0 radical (unpaired) electrons. The zero-order chi connectivity index (χ0) is 11.3. The van der Waals surface area contributed by atoms with Crippen LogP contribution in [0.5, 0.6) is 0 Å². The highest BCUT2D eigenvalue weighted by Crippen LogP contribution is 2.35. The quantitative estimate of drug-likeness (QED) is 0.628. The normalized spacial score (nSPS) is 17.7. The van der Waals surface area contributed by atoms with Gasteiger partial charge in [0.1, 0.15) is 0 Å². The van der Waals surface area contributed by atoms with Gasteiger partial charge < -0.3 is 15.8 Å². The molecule has 1 rings (SSSR count). The number of carbonyl (C=O) groups excluding carboxylic acids is 2. The molecular formula is C10H18N2O3. The summed E-state index contributed by atoms with van der Waals surface area (Å²) >= 11 is 0. The lowest BCUT2D eigenvalue weighted by Crippen LogP contribution is -2.55. The molecule has 0 bridgehead atoms. The minimum absolute atomic E-state index is 0.0823. The summed E-state index contributed by atoms with van der Waals surface area (Å²) in [5.41, 5.74) is 4.92. The van der Waals surface area contributed by atoms with Crippen molar-refractivity contribution in [2.45, 2.75) is 37.6 Å². The molecule has 0 saturated heterocycles. The Morgan fingerprint density at radius 3 is 2.53 bits per heavy atom. The summed E-state index contributed by atoms with van der Waals surface area (Å²) in [5.74, 6) is -0.358. The highest BCUT2D eigenvalue weighted by atomic mass is 16.5. The third kappa shape index (κ3) is 3.20. The summed E-state index contributed by atoms with van der Waals surface area (Å²) in [6, 6.07) is 0.